The van der Waals surface area contributed by atoms with Gasteiger partial charge in [0, 0.05) is 0 Å². The Hall–Kier alpha value is -1.14. The van der Waals surface area contributed by atoms with Crippen LogP contribution in [0.15, 0.2) is 0 Å². The Morgan fingerprint density at radius 1 is 1.42 bits per heavy atom. The van der Waals surface area contributed by atoms with Crippen molar-refractivity contribution in [1.29, 1.82) is 0 Å². The summed E-state index contributed by atoms with van der Waals surface area (Å²) in [5.41, 5.74) is 5.15. The number of aliphatic carboxylic acids is 2. The molecule has 0 saturated carbocycles. The average Bonchev–Trinajstić information content (AvgIpc) is 1.97. The molecule has 1 atom stereocenters. The van der Waals surface area contributed by atoms with Gasteiger partial charge in [-0.05, 0) is 13.0 Å². The summed E-state index contributed by atoms with van der Waals surface area (Å²) in [4.78, 5) is 20.1. The fourth-order valence-corrected chi connectivity index (χ4v) is 0.576. The zero-order chi connectivity index (χ0) is 9.56. The van der Waals surface area contributed by atoms with Gasteiger partial charge in [-0.3, -0.25) is 9.59 Å². The highest BCUT2D eigenvalue weighted by molar-refractivity contribution is 5.73. The molecule has 0 bridgehead atoms. The van der Waals surface area contributed by atoms with Crippen molar-refractivity contribution in [3.8, 4) is 0 Å². The second-order valence-electron chi connectivity index (χ2n) is 2.30. The largest absolute Gasteiger partial charge is 0.480 e. The van der Waals surface area contributed by atoms with Crippen LogP contribution in [0.1, 0.15) is 6.42 Å². The Morgan fingerprint density at radius 3 is 2.42 bits per heavy atom. The first-order valence-corrected chi connectivity index (χ1v) is 3.45. The van der Waals surface area contributed by atoms with E-state index in [0.717, 1.165) is 0 Å². The van der Waals surface area contributed by atoms with Crippen molar-refractivity contribution in [2.24, 2.45) is 5.73 Å². The molecule has 0 aromatic rings. The van der Waals surface area contributed by atoms with Crippen molar-refractivity contribution in [1.82, 2.24) is 5.32 Å². The quantitative estimate of drug-likeness (QED) is 0.365. The number of carbonyl (C=O) groups is 2. The number of hydrogen-bond acceptors (Lipinski definition) is 4. The lowest BCUT2D eigenvalue weighted by atomic mass is 10.2. The Balaban J connectivity index is 3.31. The SMILES string of the molecule is N[C@@H](CCNCC(=O)O)C(=O)O. The predicted molar refractivity (Wildman–Crippen MR) is 40.7 cm³/mol. The van der Waals surface area contributed by atoms with Crippen LogP contribution in [-0.4, -0.2) is 41.3 Å². The van der Waals surface area contributed by atoms with Gasteiger partial charge in [0.2, 0.25) is 0 Å². The molecule has 0 aromatic heterocycles. The Labute approximate surface area is 69.4 Å². The van der Waals surface area contributed by atoms with Gasteiger partial charge in [-0.1, -0.05) is 0 Å². The van der Waals surface area contributed by atoms with Crippen LogP contribution in [0.4, 0.5) is 0 Å². The second kappa shape index (κ2) is 5.50. The van der Waals surface area contributed by atoms with Crippen molar-refractivity contribution >= 4 is 11.9 Å². The molecule has 5 N–H and O–H groups in total. The van der Waals surface area contributed by atoms with Gasteiger partial charge in [-0.15, -0.1) is 0 Å². The highest BCUT2D eigenvalue weighted by Crippen LogP contribution is 1.84. The zero-order valence-corrected chi connectivity index (χ0v) is 6.49. The predicted octanol–water partition coefficient (Wildman–Crippen LogP) is -1.54. The minimum absolute atomic E-state index is 0.174. The highest BCUT2D eigenvalue weighted by atomic mass is 16.4. The number of carboxylic acids is 2. The maximum atomic E-state index is 10.2. The zero-order valence-electron chi connectivity index (χ0n) is 6.49. The van der Waals surface area contributed by atoms with E-state index in [4.69, 9.17) is 15.9 Å². The van der Waals surface area contributed by atoms with Gasteiger partial charge in [-0.25, -0.2) is 0 Å². The maximum absolute atomic E-state index is 10.2. The van der Waals surface area contributed by atoms with Crippen molar-refractivity contribution in [2.45, 2.75) is 12.5 Å². The number of hydrogen-bond donors (Lipinski definition) is 4. The molecular formula is C6H12N2O4. The molecule has 0 fully saturated rings. The summed E-state index contributed by atoms with van der Waals surface area (Å²) in [7, 11) is 0. The van der Waals surface area contributed by atoms with E-state index in [1.807, 2.05) is 0 Å². The third-order valence-corrected chi connectivity index (χ3v) is 1.23. The summed E-state index contributed by atoms with van der Waals surface area (Å²) >= 11 is 0. The van der Waals surface area contributed by atoms with Gasteiger partial charge in [0.05, 0.1) is 6.54 Å². The van der Waals surface area contributed by atoms with E-state index >= 15 is 0 Å². The molecular weight excluding hydrogens is 164 g/mol. The van der Waals surface area contributed by atoms with Crippen LogP contribution in [0.2, 0.25) is 0 Å². The lowest BCUT2D eigenvalue weighted by molar-refractivity contribution is -0.138. The first-order valence-electron chi connectivity index (χ1n) is 3.45. The van der Waals surface area contributed by atoms with E-state index in [1.165, 1.54) is 0 Å². The van der Waals surface area contributed by atoms with E-state index in [9.17, 15) is 9.59 Å². The summed E-state index contributed by atoms with van der Waals surface area (Å²) in [5.74, 6) is -2.05. The Bertz CT molecular complexity index is 171. The fraction of sp³-hybridized carbons (Fsp3) is 0.667. The minimum Gasteiger partial charge on any atom is -0.480 e. The number of rotatable bonds is 6. The summed E-state index contributed by atoms with van der Waals surface area (Å²) in [6.45, 7) is 0.117. The maximum Gasteiger partial charge on any atom is 0.320 e. The Morgan fingerprint density at radius 2 is 2.00 bits per heavy atom. The van der Waals surface area contributed by atoms with Gasteiger partial charge in [0.15, 0.2) is 0 Å². The molecule has 6 heteroatoms. The highest BCUT2D eigenvalue weighted by Gasteiger charge is 2.09. The molecule has 70 valence electrons. The van der Waals surface area contributed by atoms with Crippen molar-refractivity contribution in [2.75, 3.05) is 13.1 Å². The second-order valence-corrected chi connectivity index (χ2v) is 2.30. The third-order valence-electron chi connectivity index (χ3n) is 1.23. The molecule has 0 spiro atoms. The molecule has 0 saturated heterocycles. The smallest absolute Gasteiger partial charge is 0.320 e. The topological polar surface area (TPSA) is 113 Å². The molecule has 12 heavy (non-hydrogen) atoms. The molecule has 0 amide bonds. The Kier molecular flexibility index (Phi) is 4.98. The number of nitrogens with two attached hydrogens (primary N) is 1. The van der Waals surface area contributed by atoms with Crippen LogP contribution in [0.25, 0.3) is 0 Å². The molecule has 0 aliphatic carbocycles. The van der Waals surface area contributed by atoms with Gasteiger partial charge >= 0.3 is 11.9 Å². The van der Waals surface area contributed by atoms with Gasteiger partial charge in [0.25, 0.3) is 0 Å². The summed E-state index contributed by atoms with van der Waals surface area (Å²) < 4.78 is 0. The summed E-state index contributed by atoms with van der Waals surface area (Å²) in [6, 6.07) is -0.925. The van der Waals surface area contributed by atoms with Crippen LogP contribution in [0.5, 0.6) is 0 Å². The van der Waals surface area contributed by atoms with E-state index < -0.39 is 18.0 Å². The lowest BCUT2D eigenvalue weighted by Crippen LogP contribution is -2.34. The van der Waals surface area contributed by atoms with Crippen molar-refractivity contribution < 1.29 is 19.8 Å². The summed E-state index contributed by atoms with van der Waals surface area (Å²) in [6.07, 6.45) is 0.225. The average molecular weight is 176 g/mol. The molecule has 6 nitrogen and oxygen atoms in total. The minimum atomic E-state index is -1.08. The number of carboxylic acid groups (broad SMARTS) is 2. The van der Waals surface area contributed by atoms with Gasteiger partial charge in [-0.2, -0.15) is 0 Å². The van der Waals surface area contributed by atoms with Crippen LogP contribution in [0.3, 0.4) is 0 Å². The van der Waals surface area contributed by atoms with E-state index in [2.05, 4.69) is 5.32 Å². The fourth-order valence-electron chi connectivity index (χ4n) is 0.576. The molecule has 0 heterocycles. The molecule has 0 aliphatic heterocycles. The van der Waals surface area contributed by atoms with E-state index in [1.54, 1.807) is 0 Å². The molecule has 0 aliphatic rings. The van der Waals surface area contributed by atoms with E-state index in [-0.39, 0.29) is 13.0 Å². The first-order chi connectivity index (χ1) is 5.54. The molecule has 0 unspecified atom stereocenters. The monoisotopic (exact) mass is 176 g/mol. The van der Waals surface area contributed by atoms with Crippen molar-refractivity contribution in [3.63, 3.8) is 0 Å². The van der Waals surface area contributed by atoms with Crippen LogP contribution >= 0.6 is 0 Å². The van der Waals surface area contributed by atoms with E-state index in [0.29, 0.717) is 6.54 Å². The van der Waals surface area contributed by atoms with Gasteiger partial charge < -0.3 is 21.3 Å². The number of nitrogens with one attached hydrogen (secondary N) is 1. The van der Waals surface area contributed by atoms with Gasteiger partial charge in [0.1, 0.15) is 6.04 Å². The van der Waals surface area contributed by atoms with Crippen LogP contribution in [-0.2, 0) is 9.59 Å². The molecule has 0 aromatic carbocycles. The standard InChI is InChI=1S/C6H12N2O4/c7-4(6(11)12)1-2-8-3-5(9)10/h4,8H,1-3,7H2,(H,9,10)(H,11,12)/t4-/m0/s1. The van der Waals surface area contributed by atoms with Crippen LogP contribution in [0, 0.1) is 0 Å². The lowest BCUT2D eigenvalue weighted by Gasteiger charge is -2.05. The summed E-state index contributed by atoms with van der Waals surface area (Å²) in [5, 5.41) is 19.0. The normalized spacial score (nSPS) is 12.4. The van der Waals surface area contributed by atoms with Crippen LogP contribution < -0.4 is 11.1 Å². The molecule has 0 rings (SSSR count). The third kappa shape index (κ3) is 5.63. The van der Waals surface area contributed by atoms with Crippen molar-refractivity contribution in [3.05, 3.63) is 0 Å². The molecule has 0 radical (unpaired) electrons. The first kappa shape index (κ1) is 10.9.